The van der Waals surface area contributed by atoms with Gasteiger partial charge in [0, 0.05) is 32.2 Å². The molecule has 0 atom stereocenters. The van der Waals surface area contributed by atoms with Gasteiger partial charge in [0.2, 0.25) is 0 Å². The highest BCUT2D eigenvalue weighted by atomic mass is 35.5. The molecule has 0 aliphatic carbocycles. The lowest BCUT2D eigenvalue weighted by Gasteiger charge is -2.13. The van der Waals surface area contributed by atoms with Crippen molar-refractivity contribution in [1.82, 2.24) is 9.97 Å². The summed E-state index contributed by atoms with van der Waals surface area (Å²) in [6.45, 7) is 5.87. The Balaban J connectivity index is 1.47. The number of carbonyl (C=O) groups is 1. The first-order valence-electron chi connectivity index (χ1n) is 11.9. The van der Waals surface area contributed by atoms with Crippen LogP contribution in [-0.2, 0) is 9.53 Å². The van der Waals surface area contributed by atoms with Crippen molar-refractivity contribution in [3.8, 4) is 0 Å². The van der Waals surface area contributed by atoms with Gasteiger partial charge in [0.15, 0.2) is 20.5 Å². The summed E-state index contributed by atoms with van der Waals surface area (Å²) in [5.74, 6) is -1.28. The van der Waals surface area contributed by atoms with Gasteiger partial charge >= 0.3 is 5.97 Å². The van der Waals surface area contributed by atoms with Crippen molar-refractivity contribution in [3.05, 3.63) is 79.7 Å². The van der Waals surface area contributed by atoms with Crippen LogP contribution in [-0.4, -0.2) is 32.8 Å². The molecule has 0 saturated heterocycles. The predicted molar refractivity (Wildman–Crippen MR) is 175 cm³/mol. The molecule has 208 valence electrons. The van der Waals surface area contributed by atoms with E-state index in [2.05, 4.69) is 31.2 Å². The zero-order chi connectivity index (χ0) is 28.8. The Morgan fingerprint density at radius 2 is 1.30 bits per heavy atom. The van der Waals surface area contributed by atoms with Crippen molar-refractivity contribution >= 4 is 108 Å². The number of ether oxygens (including phenoxy) is 1. The average Bonchev–Trinajstić information content (AvgIpc) is 3.54. The van der Waals surface area contributed by atoms with Gasteiger partial charge in [-0.25, -0.2) is 9.97 Å². The van der Waals surface area contributed by atoms with Crippen molar-refractivity contribution in [2.24, 2.45) is 0 Å². The largest absolute Gasteiger partial charge is 0.465 e. The standard InChI is InChI=1S/C26H24Cl2N6O2S4/c1-4-36-22(35)21(19-11-39-25(31-19)33-23(37)29-17-9-15(27)7-5-13(17)2)20-12-40-26(32-20)34-24(38)30-18-10-16(28)8-6-14(18)3/h5-12,21H,4H2,1-3H3,(H2,29,31,33,37)(H2,30,32,34,38). The number of hydrogen-bond donors (Lipinski definition) is 4. The molecule has 4 rings (SSSR count). The van der Waals surface area contributed by atoms with Crippen LogP contribution in [0, 0.1) is 13.8 Å². The van der Waals surface area contributed by atoms with Crippen molar-refractivity contribution in [2.75, 3.05) is 27.9 Å². The lowest BCUT2D eigenvalue weighted by molar-refractivity contribution is -0.144. The molecule has 0 amide bonds. The molecule has 0 aliphatic rings. The number of esters is 1. The highest BCUT2D eigenvalue weighted by molar-refractivity contribution is 7.81. The second-order valence-corrected chi connectivity index (χ2v) is 11.8. The number of rotatable bonds is 8. The van der Waals surface area contributed by atoms with Crippen LogP contribution in [0.3, 0.4) is 0 Å². The summed E-state index contributed by atoms with van der Waals surface area (Å²) in [5, 5.41) is 18.8. The van der Waals surface area contributed by atoms with E-state index in [0.29, 0.717) is 41.9 Å². The molecule has 2 heterocycles. The number of carbonyl (C=O) groups excluding carboxylic acids is 1. The molecule has 0 aliphatic heterocycles. The molecule has 0 spiro atoms. The zero-order valence-electron chi connectivity index (χ0n) is 21.5. The molecule has 0 fully saturated rings. The van der Waals surface area contributed by atoms with Gasteiger partial charge < -0.3 is 26.0 Å². The quantitative estimate of drug-likeness (QED) is 0.111. The normalized spacial score (nSPS) is 10.8. The van der Waals surface area contributed by atoms with Gasteiger partial charge in [-0.05, 0) is 80.6 Å². The molecule has 2 aromatic heterocycles. The van der Waals surface area contributed by atoms with Crippen LogP contribution in [0.15, 0.2) is 47.2 Å². The fourth-order valence-corrected chi connectivity index (χ4v) is 5.90. The summed E-state index contributed by atoms with van der Waals surface area (Å²) in [7, 11) is 0. The second kappa shape index (κ2) is 13.7. The number of aryl methyl sites for hydroxylation is 2. The first-order valence-corrected chi connectivity index (χ1v) is 15.2. The van der Waals surface area contributed by atoms with Crippen LogP contribution >= 0.6 is 70.3 Å². The summed E-state index contributed by atoms with van der Waals surface area (Å²) >= 11 is 25.7. The Morgan fingerprint density at radius 3 is 1.73 bits per heavy atom. The number of benzene rings is 2. The maximum atomic E-state index is 13.0. The lowest BCUT2D eigenvalue weighted by Crippen LogP contribution is -2.21. The van der Waals surface area contributed by atoms with Gasteiger partial charge in [-0.3, -0.25) is 4.79 Å². The molecular weight excluding hydrogens is 628 g/mol. The van der Waals surface area contributed by atoms with Crippen LogP contribution in [0.5, 0.6) is 0 Å². The molecule has 14 heteroatoms. The average molecular weight is 652 g/mol. The van der Waals surface area contributed by atoms with Gasteiger partial charge in [0.05, 0.1) is 18.0 Å². The molecule has 0 unspecified atom stereocenters. The monoisotopic (exact) mass is 650 g/mol. The number of nitrogens with one attached hydrogen (secondary N) is 4. The van der Waals surface area contributed by atoms with Crippen molar-refractivity contribution in [3.63, 3.8) is 0 Å². The minimum atomic E-state index is -0.827. The number of halogens is 2. The number of aromatic nitrogens is 2. The second-order valence-electron chi connectivity index (χ2n) is 8.42. The molecule has 4 aromatic rings. The van der Waals surface area contributed by atoms with Gasteiger partial charge in [0.1, 0.15) is 5.92 Å². The van der Waals surface area contributed by atoms with Crippen molar-refractivity contribution in [1.29, 1.82) is 0 Å². The topological polar surface area (TPSA) is 100 Å². The minimum Gasteiger partial charge on any atom is -0.465 e. The summed E-state index contributed by atoms with van der Waals surface area (Å²) in [6.07, 6.45) is 0. The van der Waals surface area contributed by atoms with Gasteiger partial charge in [-0.2, -0.15) is 0 Å². The van der Waals surface area contributed by atoms with E-state index in [0.717, 1.165) is 22.5 Å². The van der Waals surface area contributed by atoms with Crippen molar-refractivity contribution in [2.45, 2.75) is 26.7 Å². The molecule has 8 nitrogen and oxygen atoms in total. The third kappa shape index (κ3) is 7.87. The van der Waals surface area contributed by atoms with Crippen LogP contribution < -0.4 is 21.3 Å². The Labute approximate surface area is 260 Å². The number of thiazole rings is 2. The van der Waals surface area contributed by atoms with Gasteiger partial charge in [-0.1, -0.05) is 35.3 Å². The summed E-state index contributed by atoms with van der Waals surface area (Å²) in [4.78, 5) is 22.2. The van der Waals surface area contributed by atoms with Crippen molar-refractivity contribution < 1.29 is 9.53 Å². The first kappa shape index (κ1) is 30.1. The van der Waals surface area contributed by atoms with Crippen LogP contribution in [0.4, 0.5) is 21.6 Å². The maximum absolute atomic E-state index is 13.0. The zero-order valence-corrected chi connectivity index (χ0v) is 26.3. The molecule has 40 heavy (non-hydrogen) atoms. The summed E-state index contributed by atoms with van der Waals surface area (Å²) < 4.78 is 5.35. The van der Waals surface area contributed by atoms with Gasteiger partial charge in [0.25, 0.3) is 0 Å². The number of anilines is 4. The van der Waals surface area contributed by atoms with E-state index < -0.39 is 11.9 Å². The number of thiocarbonyl (C=S) groups is 2. The Kier molecular flexibility index (Phi) is 10.3. The third-order valence-corrected chi connectivity index (χ3v) is 7.92. The SMILES string of the molecule is CCOC(=O)C(c1csc(NC(=S)Nc2cc(Cl)ccc2C)n1)c1csc(NC(=S)Nc2cc(Cl)ccc2C)n1. The smallest absolute Gasteiger partial charge is 0.321 e. The molecule has 2 aromatic carbocycles. The van der Waals surface area contributed by atoms with E-state index >= 15 is 0 Å². The maximum Gasteiger partial charge on any atom is 0.321 e. The molecule has 0 radical (unpaired) electrons. The van der Waals surface area contributed by atoms with Gasteiger partial charge in [-0.15, -0.1) is 22.7 Å². The van der Waals surface area contributed by atoms with E-state index in [1.807, 2.05) is 38.1 Å². The Hall–Kier alpha value is -2.87. The number of hydrogen-bond acceptors (Lipinski definition) is 8. The first-order chi connectivity index (χ1) is 19.1. The Morgan fingerprint density at radius 1 is 0.850 bits per heavy atom. The number of nitrogens with zero attached hydrogens (tertiary/aromatic N) is 2. The summed E-state index contributed by atoms with van der Waals surface area (Å²) in [5.41, 5.74) is 4.51. The van der Waals surface area contributed by atoms with Crippen LogP contribution in [0.1, 0.15) is 35.4 Å². The van der Waals surface area contributed by atoms with Crippen LogP contribution in [0.2, 0.25) is 10.0 Å². The lowest BCUT2D eigenvalue weighted by atomic mass is 10.0. The fraction of sp³-hybridized carbons (Fsp3) is 0.192. The van der Waals surface area contributed by atoms with Crippen LogP contribution in [0.25, 0.3) is 0 Å². The van der Waals surface area contributed by atoms with E-state index in [1.165, 1.54) is 22.7 Å². The predicted octanol–water partition coefficient (Wildman–Crippen LogP) is 7.84. The molecule has 0 bridgehead atoms. The Bertz CT molecular complexity index is 1450. The summed E-state index contributed by atoms with van der Waals surface area (Å²) in [6, 6.07) is 11.0. The highest BCUT2D eigenvalue weighted by Crippen LogP contribution is 2.32. The fourth-order valence-electron chi connectivity index (χ4n) is 3.53. The molecular formula is C26H24Cl2N6O2S4. The molecule has 4 N–H and O–H groups in total. The molecule has 0 saturated carbocycles. The van der Waals surface area contributed by atoms with E-state index in [1.54, 1.807) is 29.8 Å². The highest BCUT2D eigenvalue weighted by Gasteiger charge is 2.29. The third-order valence-electron chi connectivity index (χ3n) is 5.49. The minimum absolute atomic E-state index is 0.222. The van der Waals surface area contributed by atoms with E-state index in [4.69, 9.17) is 52.4 Å². The van der Waals surface area contributed by atoms with E-state index in [9.17, 15) is 4.79 Å². The van der Waals surface area contributed by atoms with E-state index in [-0.39, 0.29) is 6.61 Å².